The summed E-state index contributed by atoms with van der Waals surface area (Å²) in [5, 5.41) is 9.45. The molecule has 24 heavy (non-hydrogen) atoms. The largest absolute Gasteiger partial charge is 0.371 e. The molecule has 0 radical (unpaired) electrons. The third kappa shape index (κ3) is 2.25. The summed E-state index contributed by atoms with van der Waals surface area (Å²) in [6, 6.07) is 5.47. The second-order valence-electron chi connectivity index (χ2n) is 7.90. The Bertz CT molecular complexity index is 799. The first-order chi connectivity index (χ1) is 11.7. The van der Waals surface area contributed by atoms with E-state index in [1.54, 1.807) is 4.68 Å². The highest BCUT2D eigenvalue weighted by molar-refractivity contribution is 6.01. The van der Waals surface area contributed by atoms with E-state index in [-0.39, 0.29) is 0 Å². The average molecular weight is 324 g/mol. The number of aromatic nitrogens is 2. The van der Waals surface area contributed by atoms with E-state index in [4.69, 9.17) is 0 Å². The maximum atomic E-state index is 11.3. The minimum Gasteiger partial charge on any atom is -0.371 e. The fourth-order valence-corrected chi connectivity index (χ4v) is 4.47. The lowest BCUT2D eigenvalue weighted by Gasteiger charge is -2.34. The molecule has 1 saturated heterocycles. The van der Waals surface area contributed by atoms with Gasteiger partial charge in [0.25, 0.3) is 0 Å². The quantitative estimate of drug-likeness (QED) is 0.878. The monoisotopic (exact) mass is 324 g/mol. The van der Waals surface area contributed by atoms with Crippen molar-refractivity contribution in [3.8, 4) is 0 Å². The van der Waals surface area contributed by atoms with Crippen LogP contribution in [-0.4, -0.2) is 41.2 Å². The number of hydrogen-bond donors (Lipinski definition) is 1. The molecule has 1 aromatic carbocycles. The van der Waals surface area contributed by atoms with Crippen LogP contribution in [0, 0.1) is 5.41 Å². The number of aryl methyl sites for hydroxylation is 1. The lowest BCUT2D eigenvalue weighted by atomic mass is 10.0. The molecule has 2 saturated carbocycles. The number of aldehydes is 1. The van der Waals surface area contributed by atoms with Crippen molar-refractivity contribution in [2.45, 2.75) is 44.2 Å². The summed E-state index contributed by atoms with van der Waals surface area (Å²) in [6.45, 7) is 2.14. The maximum absolute atomic E-state index is 11.3. The molecule has 3 aliphatic rings. The fourth-order valence-electron chi connectivity index (χ4n) is 4.47. The van der Waals surface area contributed by atoms with E-state index in [9.17, 15) is 4.79 Å². The second kappa shape index (κ2) is 5.06. The zero-order chi connectivity index (χ0) is 16.3. The molecule has 5 heteroatoms. The van der Waals surface area contributed by atoms with Crippen molar-refractivity contribution in [2.24, 2.45) is 12.5 Å². The molecule has 1 atom stereocenters. The van der Waals surface area contributed by atoms with Crippen LogP contribution in [0.15, 0.2) is 18.3 Å². The zero-order valence-corrected chi connectivity index (χ0v) is 14.2. The SMILES string of the molecule is Cn1cc2c(N3CCC(NC4CC45CC5)CC3)ccc(C=O)c2n1. The minimum absolute atomic E-state index is 0.671. The highest BCUT2D eigenvalue weighted by atomic mass is 16.1. The van der Waals surface area contributed by atoms with Crippen molar-refractivity contribution < 1.29 is 4.79 Å². The van der Waals surface area contributed by atoms with Crippen molar-refractivity contribution in [3.63, 3.8) is 0 Å². The number of rotatable bonds is 4. The predicted molar refractivity (Wildman–Crippen MR) is 94.5 cm³/mol. The summed E-state index contributed by atoms with van der Waals surface area (Å²) < 4.78 is 1.80. The lowest BCUT2D eigenvalue weighted by molar-refractivity contribution is 0.112. The Hall–Kier alpha value is -1.88. The van der Waals surface area contributed by atoms with Gasteiger partial charge < -0.3 is 10.2 Å². The summed E-state index contributed by atoms with van der Waals surface area (Å²) in [4.78, 5) is 13.7. The van der Waals surface area contributed by atoms with Crippen LogP contribution >= 0.6 is 0 Å². The van der Waals surface area contributed by atoms with Gasteiger partial charge in [-0.3, -0.25) is 9.48 Å². The maximum Gasteiger partial charge on any atom is 0.152 e. The molecule has 0 bridgehead atoms. The molecule has 2 aromatic rings. The van der Waals surface area contributed by atoms with Crippen LogP contribution in [0.3, 0.4) is 0 Å². The number of carbonyl (C=O) groups is 1. The second-order valence-corrected chi connectivity index (χ2v) is 7.90. The number of nitrogens with zero attached hydrogens (tertiary/aromatic N) is 3. The van der Waals surface area contributed by atoms with Gasteiger partial charge in [-0.05, 0) is 49.7 Å². The first kappa shape index (κ1) is 14.5. The number of hydrogen-bond acceptors (Lipinski definition) is 4. The molecule has 1 spiro atoms. The molecule has 1 unspecified atom stereocenters. The predicted octanol–water partition coefficient (Wildman–Crippen LogP) is 2.50. The Kier molecular flexibility index (Phi) is 3.05. The van der Waals surface area contributed by atoms with Gasteiger partial charge in [-0.2, -0.15) is 5.10 Å². The van der Waals surface area contributed by atoms with Crippen LogP contribution in [0.1, 0.15) is 42.5 Å². The molecule has 3 fully saturated rings. The molecule has 0 amide bonds. The molecule has 1 aromatic heterocycles. The van der Waals surface area contributed by atoms with Crippen LogP contribution in [0.25, 0.3) is 10.9 Å². The summed E-state index contributed by atoms with van der Waals surface area (Å²) in [6.07, 6.45) is 9.64. The summed E-state index contributed by atoms with van der Waals surface area (Å²) in [5.41, 5.74) is 3.45. The van der Waals surface area contributed by atoms with Crippen molar-refractivity contribution in [1.29, 1.82) is 0 Å². The summed E-state index contributed by atoms with van der Waals surface area (Å²) >= 11 is 0. The highest BCUT2D eigenvalue weighted by Gasteiger charge is 2.62. The zero-order valence-electron chi connectivity index (χ0n) is 14.2. The number of fused-ring (bicyclic) bond motifs is 1. The van der Waals surface area contributed by atoms with E-state index >= 15 is 0 Å². The third-order valence-corrected chi connectivity index (χ3v) is 6.28. The standard InChI is InChI=1S/C19H24N4O/c1-22-11-15-16(3-2-13(12-24)18(15)21-22)23-8-4-14(5-9-23)20-17-10-19(17)6-7-19/h2-3,11-12,14,17,20H,4-10H2,1H3. The Morgan fingerprint density at radius 2 is 2.08 bits per heavy atom. The fraction of sp³-hybridized carbons (Fsp3) is 0.579. The first-order valence-corrected chi connectivity index (χ1v) is 9.11. The normalized spacial score (nSPS) is 25.4. The van der Waals surface area contributed by atoms with Crippen LogP contribution in [-0.2, 0) is 7.05 Å². The lowest BCUT2D eigenvalue weighted by Crippen LogP contribution is -2.43. The molecule has 2 aliphatic carbocycles. The third-order valence-electron chi connectivity index (χ3n) is 6.28. The van der Waals surface area contributed by atoms with Crippen LogP contribution in [0.5, 0.6) is 0 Å². The molecule has 1 aliphatic heterocycles. The Balaban J connectivity index is 1.32. The number of anilines is 1. The number of carbonyl (C=O) groups excluding carboxylic acids is 1. The number of nitrogens with one attached hydrogen (secondary N) is 1. The van der Waals surface area contributed by atoms with Gasteiger partial charge in [-0.25, -0.2) is 0 Å². The minimum atomic E-state index is 0.671. The molecule has 5 rings (SSSR count). The van der Waals surface area contributed by atoms with E-state index in [0.717, 1.165) is 41.7 Å². The van der Waals surface area contributed by atoms with Crippen molar-refractivity contribution >= 4 is 22.9 Å². The smallest absolute Gasteiger partial charge is 0.152 e. The topological polar surface area (TPSA) is 50.2 Å². The highest BCUT2D eigenvalue weighted by Crippen LogP contribution is 2.66. The molecule has 126 valence electrons. The van der Waals surface area contributed by atoms with E-state index in [1.165, 1.54) is 37.8 Å². The molecule has 5 nitrogen and oxygen atoms in total. The molecule has 2 heterocycles. The van der Waals surface area contributed by atoms with Crippen LogP contribution in [0.4, 0.5) is 5.69 Å². The van der Waals surface area contributed by atoms with E-state index in [1.807, 2.05) is 19.3 Å². The van der Waals surface area contributed by atoms with E-state index in [0.29, 0.717) is 11.6 Å². The summed E-state index contributed by atoms with van der Waals surface area (Å²) in [5.74, 6) is 0. The average Bonchev–Trinajstić information content (AvgIpc) is 3.47. The molecular weight excluding hydrogens is 300 g/mol. The number of piperidine rings is 1. The van der Waals surface area contributed by atoms with Gasteiger partial charge in [0.2, 0.25) is 0 Å². The summed E-state index contributed by atoms with van der Waals surface area (Å²) in [7, 11) is 1.91. The van der Waals surface area contributed by atoms with E-state index < -0.39 is 0 Å². The van der Waals surface area contributed by atoms with Crippen molar-refractivity contribution in [3.05, 3.63) is 23.9 Å². The van der Waals surface area contributed by atoms with Gasteiger partial charge in [-0.15, -0.1) is 0 Å². The first-order valence-electron chi connectivity index (χ1n) is 9.11. The Morgan fingerprint density at radius 1 is 1.29 bits per heavy atom. The van der Waals surface area contributed by atoms with Gasteiger partial charge in [0.15, 0.2) is 6.29 Å². The van der Waals surface area contributed by atoms with Gasteiger partial charge >= 0.3 is 0 Å². The molecular formula is C19H24N4O. The van der Waals surface area contributed by atoms with Gasteiger partial charge in [-0.1, -0.05) is 0 Å². The van der Waals surface area contributed by atoms with Gasteiger partial charge in [0, 0.05) is 55.1 Å². The van der Waals surface area contributed by atoms with Gasteiger partial charge in [0.1, 0.15) is 5.52 Å². The van der Waals surface area contributed by atoms with E-state index in [2.05, 4.69) is 21.4 Å². The number of benzene rings is 1. The Labute approximate surface area is 142 Å². The van der Waals surface area contributed by atoms with Crippen LogP contribution in [0.2, 0.25) is 0 Å². The van der Waals surface area contributed by atoms with Gasteiger partial charge in [0.05, 0.1) is 0 Å². The molecule has 1 N–H and O–H groups in total. The van der Waals surface area contributed by atoms with Crippen molar-refractivity contribution in [2.75, 3.05) is 18.0 Å². The Morgan fingerprint density at radius 3 is 2.75 bits per heavy atom. The van der Waals surface area contributed by atoms with Crippen LogP contribution < -0.4 is 10.2 Å². The van der Waals surface area contributed by atoms with Crippen molar-refractivity contribution in [1.82, 2.24) is 15.1 Å².